The molecule has 0 bridgehead atoms. The lowest BCUT2D eigenvalue weighted by Gasteiger charge is -2.13. The lowest BCUT2D eigenvalue weighted by atomic mass is 10.1. The maximum Gasteiger partial charge on any atom is 0.270 e. The number of H-pyrrole nitrogens is 1. The van der Waals surface area contributed by atoms with Crippen molar-refractivity contribution < 1.29 is 19.3 Å². The number of nitro groups is 1. The molecule has 0 aliphatic carbocycles. The SMILES string of the molecule is O=C(CN1C(=O)c2ccc([N+](=O)[O-])cc2C1=O)NCCc1[nH]cnc1-c1cccs1. The molecular weight excluding hydrogens is 410 g/mol. The van der Waals surface area contributed by atoms with E-state index in [0.29, 0.717) is 6.42 Å². The number of carbonyl (C=O) groups is 3. The van der Waals surface area contributed by atoms with Gasteiger partial charge in [-0.1, -0.05) is 6.07 Å². The first-order valence-electron chi connectivity index (χ1n) is 8.93. The van der Waals surface area contributed by atoms with Crippen LogP contribution in [0.1, 0.15) is 26.4 Å². The Hall–Kier alpha value is -3.86. The van der Waals surface area contributed by atoms with E-state index in [1.54, 1.807) is 17.7 Å². The second-order valence-corrected chi connectivity index (χ2v) is 7.44. The van der Waals surface area contributed by atoms with E-state index in [-0.39, 0.29) is 23.4 Å². The van der Waals surface area contributed by atoms with Gasteiger partial charge in [0.2, 0.25) is 5.91 Å². The van der Waals surface area contributed by atoms with Crippen molar-refractivity contribution in [2.24, 2.45) is 0 Å². The summed E-state index contributed by atoms with van der Waals surface area (Å²) in [6.45, 7) is -0.172. The van der Waals surface area contributed by atoms with E-state index in [0.717, 1.165) is 33.3 Å². The first-order chi connectivity index (χ1) is 14.5. The summed E-state index contributed by atoms with van der Waals surface area (Å²) in [4.78, 5) is 56.5. The van der Waals surface area contributed by atoms with Crippen LogP contribution in [0, 0.1) is 10.1 Å². The number of non-ortho nitro benzene ring substituents is 1. The molecule has 152 valence electrons. The second-order valence-electron chi connectivity index (χ2n) is 6.49. The number of thiophene rings is 1. The van der Waals surface area contributed by atoms with E-state index >= 15 is 0 Å². The summed E-state index contributed by atoms with van der Waals surface area (Å²) in [6.07, 6.45) is 2.08. The normalized spacial score (nSPS) is 12.9. The van der Waals surface area contributed by atoms with Gasteiger partial charge in [0.25, 0.3) is 17.5 Å². The minimum Gasteiger partial charge on any atom is -0.354 e. The number of nitro benzene ring substituents is 1. The number of aromatic nitrogens is 2. The van der Waals surface area contributed by atoms with Gasteiger partial charge in [0.15, 0.2) is 0 Å². The highest BCUT2D eigenvalue weighted by Crippen LogP contribution is 2.27. The van der Waals surface area contributed by atoms with Crippen molar-refractivity contribution in [3.63, 3.8) is 0 Å². The van der Waals surface area contributed by atoms with Crippen LogP contribution in [0.3, 0.4) is 0 Å². The van der Waals surface area contributed by atoms with Crippen LogP contribution in [-0.2, 0) is 11.2 Å². The zero-order valence-corrected chi connectivity index (χ0v) is 16.3. The average molecular weight is 425 g/mol. The fourth-order valence-corrected chi connectivity index (χ4v) is 3.95. The van der Waals surface area contributed by atoms with Gasteiger partial charge in [-0.15, -0.1) is 11.3 Å². The van der Waals surface area contributed by atoms with E-state index in [1.165, 1.54) is 6.07 Å². The number of amides is 3. The van der Waals surface area contributed by atoms with Crippen LogP contribution in [0.5, 0.6) is 0 Å². The molecule has 0 unspecified atom stereocenters. The van der Waals surface area contributed by atoms with E-state index < -0.39 is 29.2 Å². The van der Waals surface area contributed by atoms with Gasteiger partial charge in [-0.25, -0.2) is 4.98 Å². The molecule has 1 aromatic carbocycles. The zero-order valence-electron chi connectivity index (χ0n) is 15.5. The molecule has 11 heteroatoms. The maximum absolute atomic E-state index is 12.4. The molecule has 3 amide bonds. The number of benzene rings is 1. The Labute approximate surface area is 173 Å². The molecule has 4 rings (SSSR count). The first-order valence-corrected chi connectivity index (χ1v) is 9.81. The average Bonchev–Trinajstić information content (AvgIpc) is 3.45. The number of nitrogens with zero attached hydrogens (tertiary/aromatic N) is 3. The summed E-state index contributed by atoms with van der Waals surface area (Å²) in [5.41, 5.74) is 1.38. The predicted octanol–water partition coefficient (Wildman–Crippen LogP) is 2.00. The Bertz CT molecular complexity index is 1150. The number of nitrogens with one attached hydrogen (secondary N) is 2. The van der Waals surface area contributed by atoms with E-state index in [4.69, 9.17) is 0 Å². The number of fused-ring (bicyclic) bond motifs is 1. The molecule has 0 atom stereocenters. The summed E-state index contributed by atoms with van der Waals surface area (Å²) in [7, 11) is 0. The third-order valence-electron chi connectivity index (χ3n) is 4.64. The predicted molar refractivity (Wildman–Crippen MR) is 107 cm³/mol. The summed E-state index contributed by atoms with van der Waals surface area (Å²) in [6, 6.07) is 7.32. The molecule has 0 spiro atoms. The van der Waals surface area contributed by atoms with Gasteiger partial charge in [0.05, 0.1) is 27.3 Å². The number of imide groups is 1. The summed E-state index contributed by atoms with van der Waals surface area (Å²) >= 11 is 1.56. The minimum atomic E-state index is -0.720. The number of hydrogen-bond acceptors (Lipinski definition) is 7. The number of rotatable bonds is 7. The van der Waals surface area contributed by atoms with Gasteiger partial charge >= 0.3 is 0 Å². The van der Waals surface area contributed by atoms with Gasteiger partial charge in [0.1, 0.15) is 12.2 Å². The molecule has 0 saturated carbocycles. The van der Waals surface area contributed by atoms with Gasteiger partial charge < -0.3 is 10.3 Å². The van der Waals surface area contributed by atoms with Crippen LogP contribution in [0.4, 0.5) is 5.69 Å². The number of aromatic amines is 1. The Kier molecular flexibility index (Phi) is 5.11. The van der Waals surface area contributed by atoms with Crippen LogP contribution in [-0.4, -0.2) is 50.6 Å². The highest BCUT2D eigenvalue weighted by atomic mass is 32.1. The Morgan fingerprint density at radius 1 is 1.23 bits per heavy atom. The Morgan fingerprint density at radius 3 is 2.77 bits per heavy atom. The molecule has 1 aliphatic rings. The van der Waals surface area contributed by atoms with Gasteiger partial charge in [0, 0.05) is 30.8 Å². The molecule has 30 heavy (non-hydrogen) atoms. The molecule has 2 N–H and O–H groups in total. The number of hydrogen-bond donors (Lipinski definition) is 2. The van der Waals surface area contributed by atoms with Crippen molar-refractivity contribution in [2.45, 2.75) is 6.42 Å². The van der Waals surface area contributed by atoms with E-state index in [9.17, 15) is 24.5 Å². The Morgan fingerprint density at radius 2 is 2.03 bits per heavy atom. The third-order valence-corrected chi connectivity index (χ3v) is 5.51. The highest BCUT2D eigenvalue weighted by molar-refractivity contribution is 7.13. The summed E-state index contributed by atoms with van der Waals surface area (Å²) < 4.78 is 0. The molecule has 0 fully saturated rings. The van der Waals surface area contributed by atoms with Crippen LogP contribution in [0.15, 0.2) is 42.0 Å². The van der Waals surface area contributed by atoms with Crippen molar-refractivity contribution in [3.05, 3.63) is 69.0 Å². The third kappa shape index (κ3) is 3.57. The standard InChI is InChI=1S/C19H15N5O5S/c25-16(20-6-5-14-17(22-10-21-14)15-2-1-7-30-15)9-23-18(26)12-4-3-11(24(28)29)8-13(12)19(23)27/h1-4,7-8,10H,5-6,9H2,(H,20,25)(H,21,22). The van der Waals surface area contributed by atoms with E-state index in [1.807, 2.05) is 17.5 Å². The van der Waals surface area contributed by atoms with Crippen molar-refractivity contribution in [1.82, 2.24) is 20.2 Å². The second kappa shape index (κ2) is 7.87. The van der Waals surface area contributed by atoms with Gasteiger partial charge in [-0.2, -0.15) is 0 Å². The van der Waals surface area contributed by atoms with Crippen molar-refractivity contribution in [2.75, 3.05) is 13.1 Å². The smallest absolute Gasteiger partial charge is 0.270 e. The highest BCUT2D eigenvalue weighted by Gasteiger charge is 2.37. The van der Waals surface area contributed by atoms with Gasteiger partial charge in [-0.3, -0.25) is 29.4 Å². The summed E-state index contributed by atoms with van der Waals surface area (Å²) in [5.74, 6) is -1.87. The van der Waals surface area contributed by atoms with Crippen LogP contribution in [0.25, 0.3) is 10.6 Å². The lowest BCUT2D eigenvalue weighted by Crippen LogP contribution is -2.40. The fraction of sp³-hybridized carbons (Fsp3) is 0.158. The zero-order chi connectivity index (χ0) is 21.3. The van der Waals surface area contributed by atoms with Crippen LogP contribution < -0.4 is 5.32 Å². The molecular formula is C19H15N5O5S. The number of carbonyl (C=O) groups excluding carboxylic acids is 3. The lowest BCUT2D eigenvalue weighted by molar-refractivity contribution is -0.384. The first kappa shape index (κ1) is 19.5. The summed E-state index contributed by atoms with van der Waals surface area (Å²) in [5, 5.41) is 15.5. The number of imidazole rings is 1. The molecule has 3 aromatic rings. The molecule has 3 heterocycles. The fourth-order valence-electron chi connectivity index (χ4n) is 3.20. The molecule has 0 saturated heterocycles. The minimum absolute atomic E-state index is 0.0523. The molecule has 0 radical (unpaired) electrons. The van der Waals surface area contributed by atoms with Crippen molar-refractivity contribution in [1.29, 1.82) is 0 Å². The molecule has 1 aliphatic heterocycles. The topological polar surface area (TPSA) is 138 Å². The Balaban J connectivity index is 1.36. The monoisotopic (exact) mass is 425 g/mol. The van der Waals surface area contributed by atoms with Crippen LogP contribution >= 0.6 is 11.3 Å². The molecule has 2 aromatic heterocycles. The quantitative estimate of drug-likeness (QED) is 0.337. The largest absolute Gasteiger partial charge is 0.354 e. The van der Waals surface area contributed by atoms with E-state index in [2.05, 4.69) is 15.3 Å². The van der Waals surface area contributed by atoms with Gasteiger partial charge in [-0.05, 0) is 17.5 Å². The van der Waals surface area contributed by atoms with Crippen molar-refractivity contribution >= 4 is 34.7 Å². The molecule has 10 nitrogen and oxygen atoms in total. The maximum atomic E-state index is 12.4. The van der Waals surface area contributed by atoms with Crippen LogP contribution in [0.2, 0.25) is 0 Å². The van der Waals surface area contributed by atoms with Crippen molar-refractivity contribution in [3.8, 4) is 10.6 Å².